The number of nitrogens with two attached hydrogens (primary N) is 1. The number of primary amides is 1. The summed E-state index contributed by atoms with van der Waals surface area (Å²) in [6.07, 6.45) is 2.16. The average Bonchev–Trinajstić information content (AvgIpc) is 2.98. The van der Waals surface area contributed by atoms with E-state index in [-0.39, 0.29) is 12.4 Å². The van der Waals surface area contributed by atoms with E-state index in [0.29, 0.717) is 17.3 Å². The molecule has 2 heterocycles. The molecule has 4 N–H and O–H groups in total. The van der Waals surface area contributed by atoms with Crippen LogP contribution in [-0.2, 0) is 0 Å². The third-order valence-corrected chi connectivity index (χ3v) is 3.66. The number of hydrogen-bond donors (Lipinski definition) is 3. The SMILES string of the molecule is Cl.NC(=O)c1ccc(-c2n[nH]c(C3CCNCC3)n2)cc1. The van der Waals surface area contributed by atoms with Crippen molar-refractivity contribution < 1.29 is 4.79 Å². The first-order valence-electron chi connectivity index (χ1n) is 6.77. The molecule has 2 aromatic rings. The van der Waals surface area contributed by atoms with E-state index in [1.54, 1.807) is 12.1 Å². The third-order valence-electron chi connectivity index (χ3n) is 3.66. The van der Waals surface area contributed by atoms with Crippen LogP contribution < -0.4 is 11.1 Å². The summed E-state index contributed by atoms with van der Waals surface area (Å²) >= 11 is 0. The summed E-state index contributed by atoms with van der Waals surface area (Å²) in [4.78, 5) is 15.6. The Kier molecular flexibility index (Phi) is 4.93. The number of aromatic amines is 1. The molecular weight excluding hydrogens is 290 g/mol. The first kappa shape index (κ1) is 15.5. The van der Waals surface area contributed by atoms with Crippen LogP contribution in [0.15, 0.2) is 24.3 Å². The number of H-pyrrole nitrogens is 1. The van der Waals surface area contributed by atoms with Gasteiger partial charge in [0.25, 0.3) is 0 Å². The van der Waals surface area contributed by atoms with Gasteiger partial charge in [-0.05, 0) is 38.1 Å². The summed E-state index contributed by atoms with van der Waals surface area (Å²) in [5.74, 6) is 1.62. The second-order valence-corrected chi connectivity index (χ2v) is 5.01. The quantitative estimate of drug-likeness (QED) is 0.799. The lowest BCUT2D eigenvalue weighted by molar-refractivity contribution is 0.100. The molecule has 1 amide bonds. The number of nitrogens with one attached hydrogen (secondary N) is 2. The third kappa shape index (κ3) is 3.40. The van der Waals surface area contributed by atoms with Gasteiger partial charge in [-0.15, -0.1) is 12.4 Å². The number of piperidine rings is 1. The molecule has 1 aromatic carbocycles. The smallest absolute Gasteiger partial charge is 0.248 e. The van der Waals surface area contributed by atoms with E-state index in [0.717, 1.165) is 37.3 Å². The van der Waals surface area contributed by atoms with E-state index in [1.165, 1.54) is 0 Å². The van der Waals surface area contributed by atoms with Crippen molar-refractivity contribution in [3.05, 3.63) is 35.7 Å². The van der Waals surface area contributed by atoms with Gasteiger partial charge in [-0.3, -0.25) is 9.89 Å². The van der Waals surface area contributed by atoms with Crippen LogP contribution in [-0.4, -0.2) is 34.2 Å². The van der Waals surface area contributed by atoms with Crippen LogP contribution in [0, 0.1) is 0 Å². The molecule has 0 atom stereocenters. The highest BCUT2D eigenvalue weighted by molar-refractivity contribution is 5.93. The zero-order chi connectivity index (χ0) is 13.9. The van der Waals surface area contributed by atoms with Crippen LogP contribution in [0.3, 0.4) is 0 Å². The van der Waals surface area contributed by atoms with Crippen LogP contribution in [0.2, 0.25) is 0 Å². The summed E-state index contributed by atoms with van der Waals surface area (Å²) in [5, 5.41) is 10.6. The summed E-state index contributed by atoms with van der Waals surface area (Å²) < 4.78 is 0. The Bertz CT molecular complexity index is 604. The lowest BCUT2D eigenvalue weighted by Gasteiger charge is -2.19. The van der Waals surface area contributed by atoms with Gasteiger partial charge in [0.2, 0.25) is 5.91 Å². The van der Waals surface area contributed by atoms with Crippen LogP contribution in [0.25, 0.3) is 11.4 Å². The number of rotatable bonds is 3. The molecule has 1 aliphatic heterocycles. The number of hydrogen-bond acceptors (Lipinski definition) is 4. The molecule has 1 aliphatic rings. The van der Waals surface area contributed by atoms with Crippen molar-refractivity contribution in [2.75, 3.05) is 13.1 Å². The minimum Gasteiger partial charge on any atom is -0.366 e. The maximum Gasteiger partial charge on any atom is 0.248 e. The first-order chi connectivity index (χ1) is 9.74. The molecule has 0 spiro atoms. The molecule has 0 radical (unpaired) electrons. The summed E-state index contributed by atoms with van der Waals surface area (Å²) in [7, 11) is 0. The Morgan fingerprint density at radius 3 is 2.48 bits per heavy atom. The van der Waals surface area contributed by atoms with Crippen molar-refractivity contribution in [2.45, 2.75) is 18.8 Å². The normalized spacial score (nSPS) is 15.4. The van der Waals surface area contributed by atoms with Crippen molar-refractivity contribution in [1.29, 1.82) is 0 Å². The molecule has 3 rings (SSSR count). The fourth-order valence-corrected chi connectivity index (χ4v) is 2.46. The van der Waals surface area contributed by atoms with Gasteiger partial charge in [-0.2, -0.15) is 5.10 Å². The number of benzene rings is 1. The van der Waals surface area contributed by atoms with Crippen LogP contribution in [0.1, 0.15) is 34.9 Å². The Hall–Kier alpha value is -1.92. The maximum atomic E-state index is 11.0. The summed E-state index contributed by atoms with van der Waals surface area (Å²) in [5.41, 5.74) is 6.59. The van der Waals surface area contributed by atoms with Gasteiger partial charge in [-0.25, -0.2) is 4.98 Å². The van der Waals surface area contributed by atoms with Crippen LogP contribution in [0.5, 0.6) is 0 Å². The fourth-order valence-electron chi connectivity index (χ4n) is 2.46. The highest BCUT2D eigenvalue weighted by Gasteiger charge is 2.19. The topological polar surface area (TPSA) is 96.7 Å². The summed E-state index contributed by atoms with van der Waals surface area (Å²) in [6, 6.07) is 7.02. The van der Waals surface area contributed by atoms with Gasteiger partial charge in [0.1, 0.15) is 5.82 Å². The standard InChI is InChI=1S/C14H17N5O.ClH/c15-12(20)9-1-3-10(4-2-9)13-17-14(19-18-13)11-5-7-16-8-6-11;/h1-4,11,16H,5-8H2,(H2,15,20)(H,17,18,19);1H. The highest BCUT2D eigenvalue weighted by Crippen LogP contribution is 2.24. The van der Waals surface area contributed by atoms with Gasteiger partial charge in [-0.1, -0.05) is 12.1 Å². The maximum absolute atomic E-state index is 11.0. The molecule has 1 aromatic heterocycles. The number of halogens is 1. The molecule has 7 heteroatoms. The Morgan fingerprint density at radius 2 is 1.86 bits per heavy atom. The van der Waals surface area contributed by atoms with E-state index in [4.69, 9.17) is 5.73 Å². The van der Waals surface area contributed by atoms with Crippen molar-refractivity contribution in [3.63, 3.8) is 0 Å². The lowest BCUT2D eigenvalue weighted by Crippen LogP contribution is -2.27. The van der Waals surface area contributed by atoms with E-state index in [9.17, 15) is 4.79 Å². The van der Waals surface area contributed by atoms with Gasteiger partial charge >= 0.3 is 0 Å². The molecule has 0 bridgehead atoms. The van der Waals surface area contributed by atoms with Gasteiger partial charge in [0, 0.05) is 17.0 Å². The number of carbonyl (C=O) groups excluding carboxylic acids is 1. The predicted molar refractivity (Wildman–Crippen MR) is 82.4 cm³/mol. The molecule has 112 valence electrons. The minimum absolute atomic E-state index is 0. The van der Waals surface area contributed by atoms with Gasteiger partial charge < -0.3 is 11.1 Å². The average molecular weight is 308 g/mol. The zero-order valence-electron chi connectivity index (χ0n) is 11.5. The van der Waals surface area contributed by atoms with E-state index < -0.39 is 5.91 Å². The molecule has 0 unspecified atom stereocenters. The van der Waals surface area contributed by atoms with E-state index in [2.05, 4.69) is 20.5 Å². The van der Waals surface area contributed by atoms with Crippen molar-refractivity contribution in [3.8, 4) is 11.4 Å². The molecular formula is C14H18ClN5O. The second-order valence-electron chi connectivity index (χ2n) is 5.01. The zero-order valence-corrected chi connectivity index (χ0v) is 12.3. The van der Waals surface area contributed by atoms with Crippen molar-refractivity contribution in [2.24, 2.45) is 5.73 Å². The number of amides is 1. The van der Waals surface area contributed by atoms with E-state index >= 15 is 0 Å². The number of carbonyl (C=O) groups is 1. The fraction of sp³-hybridized carbons (Fsp3) is 0.357. The highest BCUT2D eigenvalue weighted by atomic mass is 35.5. The molecule has 0 aliphatic carbocycles. The lowest BCUT2D eigenvalue weighted by atomic mass is 9.98. The van der Waals surface area contributed by atoms with Crippen molar-refractivity contribution >= 4 is 18.3 Å². The Labute approximate surface area is 128 Å². The Balaban J connectivity index is 0.00000161. The monoisotopic (exact) mass is 307 g/mol. The molecule has 1 fully saturated rings. The molecule has 1 saturated heterocycles. The van der Waals surface area contributed by atoms with Crippen molar-refractivity contribution in [1.82, 2.24) is 20.5 Å². The molecule has 0 saturated carbocycles. The largest absolute Gasteiger partial charge is 0.366 e. The van der Waals surface area contributed by atoms with Crippen LogP contribution in [0.4, 0.5) is 0 Å². The van der Waals surface area contributed by atoms with Gasteiger partial charge in [0.15, 0.2) is 5.82 Å². The predicted octanol–water partition coefficient (Wildman–Crippen LogP) is 1.46. The number of nitrogens with zero attached hydrogens (tertiary/aromatic N) is 2. The number of aromatic nitrogens is 3. The molecule has 21 heavy (non-hydrogen) atoms. The summed E-state index contributed by atoms with van der Waals surface area (Å²) in [6.45, 7) is 2.04. The Morgan fingerprint density at radius 1 is 1.19 bits per heavy atom. The first-order valence-corrected chi connectivity index (χ1v) is 6.77. The van der Waals surface area contributed by atoms with Crippen LogP contribution >= 0.6 is 12.4 Å². The molecule has 6 nitrogen and oxygen atoms in total. The minimum atomic E-state index is -0.429. The van der Waals surface area contributed by atoms with Gasteiger partial charge in [0.05, 0.1) is 0 Å². The van der Waals surface area contributed by atoms with E-state index in [1.807, 2.05) is 12.1 Å². The second kappa shape index (κ2) is 6.69.